The van der Waals surface area contributed by atoms with Crippen LogP contribution in [-0.2, 0) is 11.2 Å². The smallest absolute Gasteiger partial charge is 0.303 e. The number of hydrogen-bond donors (Lipinski definition) is 1. The number of rotatable bonds is 7. The molecule has 0 heterocycles. The van der Waals surface area contributed by atoms with E-state index in [0.717, 1.165) is 12.0 Å². The third-order valence-electron chi connectivity index (χ3n) is 3.10. The van der Waals surface area contributed by atoms with Gasteiger partial charge in [-0.15, -0.1) is 0 Å². The Labute approximate surface area is 129 Å². The molecule has 1 N–H and O–H groups in total. The van der Waals surface area contributed by atoms with E-state index in [2.05, 4.69) is 0 Å². The van der Waals surface area contributed by atoms with E-state index in [1.165, 1.54) is 0 Å². The molecule has 0 amide bonds. The van der Waals surface area contributed by atoms with Gasteiger partial charge in [0.1, 0.15) is 5.75 Å². The SMILES string of the molecule is CCOc1cc(Cl)c(CCC(C)(C)CC(=O)O)cc1Cl. The van der Waals surface area contributed by atoms with Crippen LogP contribution in [0.3, 0.4) is 0 Å². The zero-order valence-electron chi connectivity index (χ0n) is 12.0. The lowest BCUT2D eigenvalue weighted by Crippen LogP contribution is -2.17. The van der Waals surface area contributed by atoms with Gasteiger partial charge in [-0.05, 0) is 36.8 Å². The van der Waals surface area contributed by atoms with Gasteiger partial charge in [0.25, 0.3) is 0 Å². The summed E-state index contributed by atoms with van der Waals surface area (Å²) >= 11 is 12.4. The molecule has 1 rings (SSSR count). The molecule has 0 fully saturated rings. The van der Waals surface area contributed by atoms with Gasteiger partial charge in [0.2, 0.25) is 0 Å². The zero-order valence-corrected chi connectivity index (χ0v) is 13.5. The second-order valence-corrected chi connectivity index (χ2v) is 6.36. The second-order valence-electron chi connectivity index (χ2n) is 5.54. The number of carboxylic acid groups (broad SMARTS) is 1. The molecule has 0 aliphatic heterocycles. The van der Waals surface area contributed by atoms with Crippen molar-refractivity contribution in [3.63, 3.8) is 0 Å². The number of carboxylic acids is 1. The number of aryl methyl sites for hydroxylation is 1. The Morgan fingerprint density at radius 3 is 2.50 bits per heavy atom. The quantitative estimate of drug-likeness (QED) is 0.783. The highest BCUT2D eigenvalue weighted by molar-refractivity contribution is 6.34. The molecule has 0 aromatic heterocycles. The van der Waals surface area contributed by atoms with Crippen molar-refractivity contribution >= 4 is 29.2 Å². The van der Waals surface area contributed by atoms with Gasteiger partial charge in [-0.3, -0.25) is 4.79 Å². The molecule has 20 heavy (non-hydrogen) atoms. The van der Waals surface area contributed by atoms with Crippen LogP contribution in [0, 0.1) is 5.41 Å². The van der Waals surface area contributed by atoms with E-state index < -0.39 is 5.97 Å². The van der Waals surface area contributed by atoms with E-state index in [9.17, 15) is 4.79 Å². The van der Waals surface area contributed by atoms with Gasteiger partial charge in [0, 0.05) is 11.1 Å². The van der Waals surface area contributed by atoms with Gasteiger partial charge in [-0.25, -0.2) is 0 Å². The maximum Gasteiger partial charge on any atom is 0.303 e. The molecule has 0 aliphatic rings. The molecular weight excluding hydrogens is 299 g/mol. The Hall–Kier alpha value is -0.930. The average Bonchev–Trinajstić information content (AvgIpc) is 2.30. The highest BCUT2D eigenvalue weighted by Crippen LogP contribution is 2.34. The summed E-state index contributed by atoms with van der Waals surface area (Å²) in [5, 5.41) is 10.0. The van der Waals surface area contributed by atoms with Crippen molar-refractivity contribution in [2.75, 3.05) is 6.61 Å². The van der Waals surface area contributed by atoms with Crippen molar-refractivity contribution in [1.29, 1.82) is 0 Å². The first-order chi connectivity index (χ1) is 9.25. The van der Waals surface area contributed by atoms with Crippen LogP contribution in [0.5, 0.6) is 5.75 Å². The second kappa shape index (κ2) is 7.19. The van der Waals surface area contributed by atoms with Crippen molar-refractivity contribution in [1.82, 2.24) is 0 Å². The summed E-state index contributed by atoms with van der Waals surface area (Å²) in [5.74, 6) is -0.210. The summed E-state index contributed by atoms with van der Waals surface area (Å²) in [7, 11) is 0. The lowest BCUT2D eigenvalue weighted by Gasteiger charge is -2.22. The first-order valence-electron chi connectivity index (χ1n) is 6.57. The fourth-order valence-electron chi connectivity index (χ4n) is 2.00. The predicted octanol–water partition coefficient (Wildman–Crippen LogP) is 4.83. The van der Waals surface area contributed by atoms with Crippen molar-refractivity contribution in [2.45, 2.75) is 40.0 Å². The summed E-state index contributed by atoms with van der Waals surface area (Å²) in [4.78, 5) is 10.8. The minimum absolute atomic E-state index is 0.134. The molecule has 112 valence electrons. The maximum atomic E-state index is 10.8. The predicted molar refractivity (Wildman–Crippen MR) is 82.0 cm³/mol. The number of hydrogen-bond acceptors (Lipinski definition) is 2. The van der Waals surface area contributed by atoms with Crippen LogP contribution >= 0.6 is 23.2 Å². The van der Waals surface area contributed by atoms with Crippen LogP contribution in [0.2, 0.25) is 10.0 Å². The van der Waals surface area contributed by atoms with Crippen molar-refractivity contribution in [3.05, 3.63) is 27.7 Å². The van der Waals surface area contributed by atoms with Gasteiger partial charge in [0.15, 0.2) is 0 Å². The third-order valence-corrected chi connectivity index (χ3v) is 3.75. The topological polar surface area (TPSA) is 46.5 Å². The van der Waals surface area contributed by atoms with Gasteiger partial charge >= 0.3 is 5.97 Å². The summed E-state index contributed by atoms with van der Waals surface area (Å²) in [6.07, 6.45) is 1.55. The number of benzene rings is 1. The van der Waals surface area contributed by atoms with Crippen LogP contribution in [0.1, 0.15) is 39.2 Å². The Morgan fingerprint density at radius 2 is 1.95 bits per heavy atom. The van der Waals surface area contributed by atoms with Crippen LogP contribution < -0.4 is 4.74 Å². The normalized spacial score (nSPS) is 11.4. The molecule has 0 bridgehead atoms. The molecule has 1 aromatic carbocycles. The standard InChI is InChI=1S/C15H20Cl2O3/c1-4-20-13-8-11(16)10(7-12(13)17)5-6-15(2,3)9-14(18)19/h7-8H,4-6,9H2,1-3H3,(H,18,19). The number of aliphatic carboxylic acids is 1. The molecule has 0 unspecified atom stereocenters. The molecule has 0 atom stereocenters. The van der Waals surface area contributed by atoms with Gasteiger partial charge in [-0.2, -0.15) is 0 Å². The van der Waals surface area contributed by atoms with E-state index >= 15 is 0 Å². The van der Waals surface area contributed by atoms with E-state index in [1.54, 1.807) is 12.1 Å². The first-order valence-corrected chi connectivity index (χ1v) is 7.33. The maximum absolute atomic E-state index is 10.8. The molecule has 1 aromatic rings. The number of ether oxygens (including phenoxy) is 1. The van der Waals surface area contributed by atoms with Crippen molar-refractivity contribution in [2.24, 2.45) is 5.41 Å². The fourth-order valence-corrected chi connectivity index (χ4v) is 2.49. The molecule has 0 saturated heterocycles. The fraction of sp³-hybridized carbons (Fsp3) is 0.533. The highest BCUT2D eigenvalue weighted by atomic mass is 35.5. The largest absolute Gasteiger partial charge is 0.492 e. The van der Waals surface area contributed by atoms with E-state index in [-0.39, 0.29) is 11.8 Å². The monoisotopic (exact) mass is 318 g/mol. The third kappa shape index (κ3) is 5.22. The Balaban J connectivity index is 2.78. The summed E-state index contributed by atoms with van der Waals surface area (Å²) in [5.41, 5.74) is 0.638. The van der Waals surface area contributed by atoms with Crippen LogP contribution in [0.15, 0.2) is 12.1 Å². The van der Waals surface area contributed by atoms with Gasteiger partial charge in [0.05, 0.1) is 18.1 Å². The molecule has 0 spiro atoms. The minimum Gasteiger partial charge on any atom is -0.492 e. The molecule has 3 nitrogen and oxygen atoms in total. The molecule has 0 aliphatic carbocycles. The number of halogens is 2. The van der Waals surface area contributed by atoms with Gasteiger partial charge < -0.3 is 9.84 Å². The minimum atomic E-state index is -0.786. The van der Waals surface area contributed by atoms with Crippen LogP contribution in [0.25, 0.3) is 0 Å². The van der Waals surface area contributed by atoms with Crippen LogP contribution in [0.4, 0.5) is 0 Å². The summed E-state index contributed by atoms with van der Waals surface area (Å²) in [6, 6.07) is 3.51. The molecule has 5 heteroatoms. The van der Waals surface area contributed by atoms with Crippen molar-refractivity contribution in [3.8, 4) is 5.75 Å². The van der Waals surface area contributed by atoms with E-state index in [1.807, 2.05) is 20.8 Å². The summed E-state index contributed by atoms with van der Waals surface area (Å²) < 4.78 is 5.38. The van der Waals surface area contributed by atoms with Crippen molar-refractivity contribution < 1.29 is 14.6 Å². The lowest BCUT2D eigenvalue weighted by molar-refractivity contribution is -0.139. The average molecular weight is 319 g/mol. The lowest BCUT2D eigenvalue weighted by atomic mass is 9.83. The Kier molecular flexibility index (Phi) is 6.15. The van der Waals surface area contributed by atoms with Gasteiger partial charge in [-0.1, -0.05) is 37.0 Å². The molecule has 0 saturated carbocycles. The molecule has 0 radical (unpaired) electrons. The van der Waals surface area contributed by atoms with E-state index in [0.29, 0.717) is 28.8 Å². The zero-order chi connectivity index (χ0) is 15.3. The highest BCUT2D eigenvalue weighted by Gasteiger charge is 2.22. The first kappa shape index (κ1) is 17.1. The summed E-state index contributed by atoms with van der Waals surface area (Å²) in [6.45, 7) is 6.28. The molecular formula is C15H20Cl2O3. The number of carbonyl (C=O) groups is 1. The Bertz CT molecular complexity index is 484. The Morgan fingerprint density at radius 1 is 1.30 bits per heavy atom. The van der Waals surface area contributed by atoms with E-state index in [4.69, 9.17) is 33.0 Å². The van der Waals surface area contributed by atoms with Crippen LogP contribution in [-0.4, -0.2) is 17.7 Å².